The average Bonchev–Trinajstić information content (AvgIpc) is 2.80. The lowest BCUT2D eigenvalue weighted by molar-refractivity contribution is 0.321. The highest BCUT2D eigenvalue weighted by Gasteiger charge is 2.27. The first-order valence-electron chi connectivity index (χ1n) is 7.42. The van der Waals surface area contributed by atoms with Crippen molar-refractivity contribution in [2.45, 2.75) is 58.5 Å². The molecule has 0 aromatic carbocycles. The number of anilines is 1. The van der Waals surface area contributed by atoms with Crippen molar-refractivity contribution in [1.82, 2.24) is 10.3 Å². The largest absolute Gasteiger partial charge is 0.348 e. The Kier molecular flexibility index (Phi) is 4.85. The first kappa shape index (κ1) is 14.8. The van der Waals surface area contributed by atoms with E-state index in [1.807, 2.05) is 18.4 Å². The minimum Gasteiger partial charge on any atom is -0.348 e. The molecule has 0 aliphatic heterocycles. The molecule has 0 spiro atoms. The molecule has 0 bridgehead atoms. The molecule has 2 rings (SSSR count). The van der Waals surface area contributed by atoms with Gasteiger partial charge in [-0.3, -0.25) is 0 Å². The van der Waals surface area contributed by atoms with Gasteiger partial charge in [-0.1, -0.05) is 19.8 Å². The molecule has 1 N–H and O–H groups in total. The number of hydrogen-bond acceptors (Lipinski definition) is 4. The first-order valence-corrected chi connectivity index (χ1v) is 8.23. The molecule has 1 aliphatic rings. The van der Waals surface area contributed by atoms with Gasteiger partial charge in [0, 0.05) is 24.0 Å². The standard InChI is InChI=1S/C15H27N3S/c1-10-8-6-7-9-13(10)18(5)15-17-12(3)14(19-15)11(2)16-4/h10-11,13,16H,6-9H2,1-5H3. The number of aromatic nitrogens is 1. The van der Waals surface area contributed by atoms with E-state index in [1.54, 1.807) is 0 Å². The smallest absolute Gasteiger partial charge is 0.185 e. The summed E-state index contributed by atoms with van der Waals surface area (Å²) >= 11 is 1.85. The molecule has 3 unspecified atom stereocenters. The van der Waals surface area contributed by atoms with Crippen LogP contribution in [0.3, 0.4) is 0 Å². The lowest BCUT2D eigenvalue weighted by Crippen LogP contribution is -2.38. The van der Waals surface area contributed by atoms with Crippen LogP contribution < -0.4 is 10.2 Å². The molecule has 0 amide bonds. The summed E-state index contributed by atoms with van der Waals surface area (Å²) in [7, 11) is 4.23. The molecule has 3 nitrogen and oxygen atoms in total. The number of thiazole rings is 1. The quantitative estimate of drug-likeness (QED) is 0.911. The summed E-state index contributed by atoms with van der Waals surface area (Å²) in [4.78, 5) is 8.59. The third-order valence-corrected chi connectivity index (χ3v) is 5.94. The van der Waals surface area contributed by atoms with Crippen molar-refractivity contribution < 1.29 is 0 Å². The highest BCUT2D eigenvalue weighted by molar-refractivity contribution is 7.15. The Bertz CT molecular complexity index is 416. The molecule has 4 heteroatoms. The zero-order chi connectivity index (χ0) is 14.0. The van der Waals surface area contributed by atoms with Crippen molar-refractivity contribution in [3.05, 3.63) is 10.6 Å². The number of aryl methyl sites for hydroxylation is 1. The van der Waals surface area contributed by atoms with Gasteiger partial charge in [0.2, 0.25) is 0 Å². The monoisotopic (exact) mass is 281 g/mol. The number of hydrogen-bond donors (Lipinski definition) is 1. The first-order chi connectivity index (χ1) is 9.04. The van der Waals surface area contributed by atoms with Crippen LogP contribution in [0.5, 0.6) is 0 Å². The maximum atomic E-state index is 4.79. The van der Waals surface area contributed by atoms with Gasteiger partial charge < -0.3 is 10.2 Å². The minimum atomic E-state index is 0.392. The third kappa shape index (κ3) is 3.11. The summed E-state index contributed by atoms with van der Waals surface area (Å²) < 4.78 is 0. The number of rotatable bonds is 4. The van der Waals surface area contributed by atoms with Gasteiger partial charge in [-0.15, -0.1) is 11.3 Å². The molecule has 108 valence electrons. The summed E-state index contributed by atoms with van der Waals surface area (Å²) in [5.41, 5.74) is 1.18. The second-order valence-corrected chi connectivity index (χ2v) is 6.91. The molecule has 1 aliphatic carbocycles. The highest BCUT2D eigenvalue weighted by Crippen LogP contribution is 2.35. The zero-order valence-corrected chi connectivity index (χ0v) is 13.7. The van der Waals surface area contributed by atoms with Gasteiger partial charge in [0.1, 0.15) is 0 Å². The van der Waals surface area contributed by atoms with Crippen LogP contribution in [0.2, 0.25) is 0 Å². The van der Waals surface area contributed by atoms with Gasteiger partial charge in [-0.05, 0) is 39.7 Å². The van der Waals surface area contributed by atoms with E-state index in [9.17, 15) is 0 Å². The van der Waals surface area contributed by atoms with Crippen LogP contribution in [-0.4, -0.2) is 25.1 Å². The molecule has 1 aromatic heterocycles. The van der Waals surface area contributed by atoms with Crippen LogP contribution in [0.25, 0.3) is 0 Å². The Balaban J connectivity index is 2.17. The van der Waals surface area contributed by atoms with Crippen LogP contribution in [0.1, 0.15) is 56.1 Å². The molecule has 3 atom stereocenters. The lowest BCUT2D eigenvalue weighted by atomic mass is 9.85. The molecule has 1 fully saturated rings. The summed E-state index contributed by atoms with van der Waals surface area (Å²) in [6.07, 6.45) is 5.43. The van der Waals surface area contributed by atoms with Crippen LogP contribution >= 0.6 is 11.3 Å². The Morgan fingerprint density at radius 2 is 2.05 bits per heavy atom. The van der Waals surface area contributed by atoms with E-state index >= 15 is 0 Å². The van der Waals surface area contributed by atoms with E-state index in [0.29, 0.717) is 12.1 Å². The van der Waals surface area contributed by atoms with Gasteiger partial charge in [-0.25, -0.2) is 4.98 Å². The maximum Gasteiger partial charge on any atom is 0.185 e. The molecule has 1 heterocycles. The van der Waals surface area contributed by atoms with Gasteiger partial charge in [-0.2, -0.15) is 0 Å². The predicted molar refractivity (Wildman–Crippen MR) is 84.1 cm³/mol. The lowest BCUT2D eigenvalue weighted by Gasteiger charge is -2.36. The van der Waals surface area contributed by atoms with Crippen molar-refractivity contribution in [3.8, 4) is 0 Å². The van der Waals surface area contributed by atoms with E-state index < -0.39 is 0 Å². The van der Waals surface area contributed by atoms with E-state index in [1.165, 1.54) is 41.4 Å². The van der Waals surface area contributed by atoms with Crippen molar-refractivity contribution in [2.75, 3.05) is 19.0 Å². The Morgan fingerprint density at radius 3 is 2.68 bits per heavy atom. The molecule has 1 saturated carbocycles. The minimum absolute atomic E-state index is 0.392. The fourth-order valence-corrected chi connectivity index (χ4v) is 4.24. The fourth-order valence-electron chi connectivity index (χ4n) is 3.09. The predicted octanol–water partition coefficient (Wildman–Crippen LogP) is 3.75. The normalized spacial score (nSPS) is 25.3. The SMILES string of the molecule is CNC(C)c1sc(N(C)C2CCCCC2C)nc1C. The van der Waals surface area contributed by atoms with Gasteiger partial charge in [0.15, 0.2) is 5.13 Å². The van der Waals surface area contributed by atoms with Crippen molar-refractivity contribution in [1.29, 1.82) is 0 Å². The summed E-state index contributed by atoms with van der Waals surface area (Å²) in [5.74, 6) is 0.785. The van der Waals surface area contributed by atoms with Crippen LogP contribution in [-0.2, 0) is 0 Å². The van der Waals surface area contributed by atoms with E-state index in [2.05, 4.69) is 38.0 Å². The topological polar surface area (TPSA) is 28.2 Å². The Hall–Kier alpha value is -0.610. The van der Waals surface area contributed by atoms with Crippen molar-refractivity contribution >= 4 is 16.5 Å². The second-order valence-electron chi connectivity index (χ2n) is 5.90. The molecular formula is C15H27N3S. The third-order valence-electron chi connectivity index (χ3n) is 4.51. The summed E-state index contributed by atoms with van der Waals surface area (Å²) in [5, 5.41) is 4.50. The van der Waals surface area contributed by atoms with Crippen LogP contribution in [0.4, 0.5) is 5.13 Å². The molecule has 19 heavy (non-hydrogen) atoms. The van der Waals surface area contributed by atoms with E-state index in [-0.39, 0.29) is 0 Å². The van der Waals surface area contributed by atoms with Crippen molar-refractivity contribution in [2.24, 2.45) is 5.92 Å². The summed E-state index contributed by atoms with van der Waals surface area (Å²) in [6.45, 7) is 6.72. The maximum absolute atomic E-state index is 4.79. The highest BCUT2D eigenvalue weighted by atomic mass is 32.1. The van der Waals surface area contributed by atoms with Crippen molar-refractivity contribution in [3.63, 3.8) is 0 Å². The zero-order valence-electron chi connectivity index (χ0n) is 12.9. The fraction of sp³-hybridized carbons (Fsp3) is 0.800. The van der Waals surface area contributed by atoms with Gasteiger partial charge in [0.05, 0.1) is 5.69 Å². The summed E-state index contributed by atoms with van der Waals surface area (Å²) in [6, 6.07) is 1.06. The molecular weight excluding hydrogens is 254 g/mol. The molecule has 1 aromatic rings. The van der Waals surface area contributed by atoms with Gasteiger partial charge in [0.25, 0.3) is 0 Å². The van der Waals surface area contributed by atoms with Crippen LogP contribution in [0.15, 0.2) is 0 Å². The Labute approximate surface area is 121 Å². The van der Waals surface area contributed by atoms with E-state index in [0.717, 1.165) is 5.92 Å². The van der Waals surface area contributed by atoms with Gasteiger partial charge >= 0.3 is 0 Å². The molecule has 0 saturated heterocycles. The Morgan fingerprint density at radius 1 is 1.37 bits per heavy atom. The van der Waals surface area contributed by atoms with Crippen LogP contribution in [0, 0.1) is 12.8 Å². The average molecular weight is 281 g/mol. The second kappa shape index (κ2) is 6.23. The molecule has 0 radical (unpaired) electrons. The number of nitrogens with one attached hydrogen (secondary N) is 1. The number of nitrogens with zero attached hydrogens (tertiary/aromatic N) is 2. The van der Waals surface area contributed by atoms with E-state index in [4.69, 9.17) is 4.98 Å².